The zero-order chi connectivity index (χ0) is 25.6. The number of hydrogen-bond acceptors (Lipinski definition) is 6. The fourth-order valence-corrected chi connectivity index (χ4v) is 4.81. The van der Waals surface area contributed by atoms with Crippen molar-refractivity contribution in [1.82, 2.24) is 14.8 Å². The second-order valence-electron chi connectivity index (χ2n) is 9.66. The van der Waals surface area contributed by atoms with Crippen LogP contribution >= 0.6 is 0 Å². The van der Waals surface area contributed by atoms with E-state index in [1.54, 1.807) is 19.2 Å². The molecule has 0 N–H and O–H groups in total. The van der Waals surface area contributed by atoms with E-state index in [2.05, 4.69) is 53.3 Å². The van der Waals surface area contributed by atoms with E-state index in [1.807, 2.05) is 29.3 Å². The van der Waals surface area contributed by atoms with Crippen LogP contribution in [0, 0.1) is 0 Å². The number of carbonyl (C=O) groups excluding carboxylic acids is 1. The molecule has 5 rings (SSSR count). The van der Waals surface area contributed by atoms with Crippen LogP contribution in [0.5, 0.6) is 5.75 Å². The van der Waals surface area contributed by atoms with Crippen molar-refractivity contribution in [2.24, 2.45) is 0 Å². The Labute approximate surface area is 217 Å². The second kappa shape index (κ2) is 11.6. The molecule has 1 aliphatic rings. The van der Waals surface area contributed by atoms with Crippen LogP contribution in [0.2, 0.25) is 0 Å². The Bertz CT molecular complexity index is 1330. The summed E-state index contributed by atoms with van der Waals surface area (Å²) in [7, 11) is 3.74. The van der Waals surface area contributed by atoms with Crippen LogP contribution in [-0.2, 0) is 24.4 Å². The molecule has 0 saturated carbocycles. The summed E-state index contributed by atoms with van der Waals surface area (Å²) in [5.74, 6) is 1.82. The van der Waals surface area contributed by atoms with Crippen molar-refractivity contribution in [3.8, 4) is 5.75 Å². The standard InChI is InChI=1S/C30H33N3O4/c1-32(20-23-7-11-28-24(18-23)4-3-15-31-28)19-22-5-8-25(9-6-22)36-26-13-16-33(17-14-26)30(34)29-12-10-27(37-29)21-35-2/h3-12,15,18,26H,13-14,16-17,19-21H2,1-2H3. The van der Waals surface area contributed by atoms with E-state index in [1.165, 1.54) is 16.5 Å². The van der Waals surface area contributed by atoms with E-state index in [-0.39, 0.29) is 12.0 Å². The smallest absolute Gasteiger partial charge is 0.289 e. The maximum absolute atomic E-state index is 12.7. The molecule has 2 aromatic heterocycles. The number of piperidine rings is 1. The predicted molar refractivity (Wildman–Crippen MR) is 142 cm³/mol. The Morgan fingerprint density at radius 2 is 1.78 bits per heavy atom. The van der Waals surface area contributed by atoms with Gasteiger partial charge < -0.3 is 18.8 Å². The summed E-state index contributed by atoms with van der Waals surface area (Å²) < 4.78 is 16.9. The number of amides is 1. The van der Waals surface area contributed by atoms with Gasteiger partial charge in [-0.05, 0) is 60.6 Å². The Morgan fingerprint density at radius 1 is 1.03 bits per heavy atom. The summed E-state index contributed by atoms with van der Waals surface area (Å²) in [5, 5.41) is 1.17. The number of benzene rings is 2. The maximum Gasteiger partial charge on any atom is 0.289 e. The number of carbonyl (C=O) groups is 1. The van der Waals surface area contributed by atoms with Gasteiger partial charge in [-0.1, -0.05) is 24.3 Å². The molecule has 7 nitrogen and oxygen atoms in total. The lowest BCUT2D eigenvalue weighted by Gasteiger charge is -2.31. The fraction of sp³-hybridized carbons (Fsp3) is 0.333. The van der Waals surface area contributed by atoms with Crippen LogP contribution in [0.1, 0.15) is 40.3 Å². The number of nitrogens with zero attached hydrogens (tertiary/aromatic N) is 3. The molecule has 0 atom stereocenters. The summed E-state index contributed by atoms with van der Waals surface area (Å²) in [4.78, 5) is 21.3. The molecule has 192 valence electrons. The quantitative estimate of drug-likeness (QED) is 0.312. The van der Waals surface area contributed by atoms with Gasteiger partial charge in [0.2, 0.25) is 0 Å². The molecule has 0 spiro atoms. The number of rotatable bonds is 9. The summed E-state index contributed by atoms with van der Waals surface area (Å²) in [6.07, 6.45) is 3.51. The van der Waals surface area contributed by atoms with E-state index in [9.17, 15) is 4.79 Å². The minimum absolute atomic E-state index is 0.0744. The van der Waals surface area contributed by atoms with E-state index >= 15 is 0 Å². The highest BCUT2D eigenvalue weighted by molar-refractivity contribution is 5.91. The van der Waals surface area contributed by atoms with Crippen molar-refractivity contribution in [2.75, 3.05) is 27.2 Å². The van der Waals surface area contributed by atoms with E-state index in [0.29, 0.717) is 31.2 Å². The molecular formula is C30H33N3O4. The number of pyridine rings is 1. The van der Waals surface area contributed by atoms with Gasteiger partial charge in [-0.2, -0.15) is 0 Å². The summed E-state index contributed by atoms with van der Waals surface area (Å²) in [6.45, 7) is 3.38. The van der Waals surface area contributed by atoms with Crippen molar-refractivity contribution in [2.45, 2.75) is 38.6 Å². The molecule has 0 aliphatic carbocycles. The molecule has 7 heteroatoms. The van der Waals surface area contributed by atoms with Crippen LogP contribution in [0.25, 0.3) is 10.9 Å². The molecule has 3 heterocycles. The van der Waals surface area contributed by atoms with Crippen LogP contribution in [-0.4, -0.2) is 54.0 Å². The van der Waals surface area contributed by atoms with Crippen LogP contribution in [0.4, 0.5) is 0 Å². The Hall–Kier alpha value is -3.68. The molecule has 0 unspecified atom stereocenters. The third-order valence-electron chi connectivity index (χ3n) is 6.69. The van der Waals surface area contributed by atoms with Crippen molar-refractivity contribution < 1.29 is 18.7 Å². The molecule has 1 saturated heterocycles. The number of aromatic nitrogens is 1. The zero-order valence-electron chi connectivity index (χ0n) is 21.4. The average molecular weight is 500 g/mol. The first kappa shape index (κ1) is 25.0. The first-order chi connectivity index (χ1) is 18.1. The summed E-state index contributed by atoms with van der Waals surface area (Å²) >= 11 is 0. The normalized spacial score (nSPS) is 14.4. The van der Waals surface area contributed by atoms with E-state index in [4.69, 9.17) is 13.9 Å². The van der Waals surface area contributed by atoms with Crippen LogP contribution < -0.4 is 4.74 Å². The van der Waals surface area contributed by atoms with Gasteiger partial charge in [0.25, 0.3) is 5.91 Å². The predicted octanol–water partition coefficient (Wildman–Crippen LogP) is 5.29. The highest BCUT2D eigenvalue weighted by atomic mass is 16.5. The molecule has 1 fully saturated rings. The van der Waals surface area contributed by atoms with E-state index in [0.717, 1.165) is 37.2 Å². The van der Waals surface area contributed by atoms with Gasteiger partial charge in [0, 0.05) is 57.7 Å². The molecule has 0 bridgehead atoms. The number of furan rings is 1. The number of fused-ring (bicyclic) bond motifs is 1. The second-order valence-corrected chi connectivity index (χ2v) is 9.66. The van der Waals surface area contributed by atoms with Gasteiger partial charge in [0.05, 0.1) is 5.52 Å². The average Bonchev–Trinajstić information content (AvgIpc) is 3.39. The van der Waals surface area contributed by atoms with Crippen molar-refractivity contribution in [3.05, 3.63) is 95.6 Å². The van der Waals surface area contributed by atoms with Gasteiger partial charge in [0.1, 0.15) is 24.2 Å². The van der Waals surface area contributed by atoms with Crippen LogP contribution in [0.3, 0.4) is 0 Å². The molecular weight excluding hydrogens is 466 g/mol. The number of ether oxygens (including phenoxy) is 2. The molecule has 2 aromatic carbocycles. The largest absolute Gasteiger partial charge is 0.490 e. The lowest BCUT2D eigenvalue weighted by atomic mass is 10.1. The Morgan fingerprint density at radius 3 is 2.57 bits per heavy atom. The van der Waals surface area contributed by atoms with E-state index < -0.39 is 0 Å². The van der Waals surface area contributed by atoms with Crippen molar-refractivity contribution in [3.63, 3.8) is 0 Å². The van der Waals surface area contributed by atoms with Crippen molar-refractivity contribution in [1.29, 1.82) is 0 Å². The zero-order valence-corrected chi connectivity index (χ0v) is 21.4. The highest BCUT2D eigenvalue weighted by Gasteiger charge is 2.26. The monoisotopic (exact) mass is 499 g/mol. The first-order valence-electron chi connectivity index (χ1n) is 12.7. The first-order valence-corrected chi connectivity index (χ1v) is 12.7. The number of likely N-dealkylation sites (tertiary alicyclic amines) is 1. The van der Waals surface area contributed by atoms with Gasteiger partial charge in [0.15, 0.2) is 5.76 Å². The summed E-state index contributed by atoms with van der Waals surface area (Å²) in [5.41, 5.74) is 3.54. The SMILES string of the molecule is COCc1ccc(C(=O)N2CCC(Oc3ccc(CN(C)Cc4ccc5ncccc5c4)cc3)CC2)o1. The minimum Gasteiger partial charge on any atom is -0.490 e. The fourth-order valence-electron chi connectivity index (χ4n) is 4.81. The summed E-state index contributed by atoms with van der Waals surface area (Å²) in [6, 6.07) is 22.4. The Kier molecular flexibility index (Phi) is 7.82. The van der Waals surface area contributed by atoms with Gasteiger partial charge >= 0.3 is 0 Å². The number of hydrogen-bond donors (Lipinski definition) is 0. The number of methoxy groups -OCH3 is 1. The maximum atomic E-state index is 12.7. The molecule has 1 amide bonds. The lowest BCUT2D eigenvalue weighted by Crippen LogP contribution is -2.41. The third kappa shape index (κ3) is 6.37. The van der Waals surface area contributed by atoms with Gasteiger partial charge in [-0.3, -0.25) is 14.7 Å². The minimum atomic E-state index is -0.0744. The third-order valence-corrected chi connectivity index (χ3v) is 6.69. The molecule has 4 aromatic rings. The molecule has 37 heavy (non-hydrogen) atoms. The lowest BCUT2D eigenvalue weighted by molar-refractivity contribution is 0.0561. The molecule has 1 aliphatic heterocycles. The van der Waals surface area contributed by atoms with Gasteiger partial charge in [-0.25, -0.2) is 0 Å². The highest BCUT2D eigenvalue weighted by Crippen LogP contribution is 2.22. The van der Waals surface area contributed by atoms with Gasteiger partial charge in [-0.15, -0.1) is 0 Å². The topological polar surface area (TPSA) is 68.0 Å². The van der Waals surface area contributed by atoms with Crippen LogP contribution in [0.15, 0.2) is 77.3 Å². The molecule has 0 radical (unpaired) electrons. The van der Waals surface area contributed by atoms with Crippen molar-refractivity contribution >= 4 is 16.8 Å². The Balaban J connectivity index is 1.08.